The molecule has 5 nitrogen and oxygen atoms in total. The van der Waals surface area contributed by atoms with Crippen molar-refractivity contribution < 1.29 is 4.79 Å². The first-order valence-electron chi connectivity index (χ1n) is 8.61. The summed E-state index contributed by atoms with van der Waals surface area (Å²) in [6.07, 6.45) is 7.75. The molecule has 24 heavy (non-hydrogen) atoms. The number of carbonyl (C=O) groups is 1. The molecule has 1 N–H and O–H groups in total. The average molecular weight is 324 g/mol. The smallest absolute Gasteiger partial charge is 0.272 e. The van der Waals surface area contributed by atoms with Gasteiger partial charge in [-0.3, -0.25) is 4.79 Å². The summed E-state index contributed by atoms with van der Waals surface area (Å²) >= 11 is 0. The van der Waals surface area contributed by atoms with Crippen molar-refractivity contribution in [1.82, 2.24) is 14.9 Å². The monoisotopic (exact) mass is 324 g/mol. The summed E-state index contributed by atoms with van der Waals surface area (Å²) in [6.45, 7) is 0.565. The molecule has 0 atom stereocenters. The van der Waals surface area contributed by atoms with E-state index >= 15 is 0 Å². The van der Waals surface area contributed by atoms with Crippen molar-refractivity contribution in [3.63, 3.8) is 0 Å². The van der Waals surface area contributed by atoms with Crippen LogP contribution < -0.4 is 5.32 Å². The number of aromatic nitrogens is 2. The van der Waals surface area contributed by atoms with Gasteiger partial charge in [0.25, 0.3) is 5.91 Å². The van der Waals surface area contributed by atoms with Gasteiger partial charge in [-0.1, -0.05) is 49.6 Å². The zero-order chi connectivity index (χ0) is 16.8. The molecule has 0 radical (unpaired) electrons. The lowest BCUT2D eigenvalue weighted by Gasteiger charge is -2.23. The first-order chi connectivity index (χ1) is 11.7. The summed E-state index contributed by atoms with van der Waals surface area (Å²) < 4.78 is 0. The summed E-state index contributed by atoms with van der Waals surface area (Å²) in [5, 5.41) is 3.37. The third-order valence-corrected chi connectivity index (χ3v) is 4.42. The Kier molecular flexibility index (Phi) is 5.41. The second kappa shape index (κ2) is 7.90. The second-order valence-corrected chi connectivity index (χ2v) is 6.39. The number of hydrogen-bond acceptors (Lipinski definition) is 4. The molecule has 1 heterocycles. The van der Waals surface area contributed by atoms with Crippen LogP contribution in [-0.2, 0) is 6.54 Å². The Morgan fingerprint density at radius 2 is 1.92 bits per heavy atom. The molecule has 3 rings (SSSR count). The van der Waals surface area contributed by atoms with Gasteiger partial charge in [-0.2, -0.15) is 0 Å². The fourth-order valence-electron chi connectivity index (χ4n) is 3.10. The van der Waals surface area contributed by atoms with Crippen LogP contribution in [-0.4, -0.2) is 33.9 Å². The lowest BCUT2D eigenvalue weighted by Crippen LogP contribution is -2.28. The van der Waals surface area contributed by atoms with E-state index in [1.807, 2.05) is 30.3 Å². The summed E-state index contributed by atoms with van der Waals surface area (Å²) in [7, 11) is 1.80. The Bertz CT molecular complexity index is 668. The van der Waals surface area contributed by atoms with Gasteiger partial charge in [-0.15, -0.1) is 0 Å². The lowest BCUT2D eigenvalue weighted by molar-refractivity contribution is 0.0779. The number of benzene rings is 1. The molecule has 0 spiro atoms. The molecular formula is C19H24N4O. The molecule has 0 unspecified atom stereocenters. The Morgan fingerprint density at radius 3 is 2.67 bits per heavy atom. The molecule has 1 aromatic heterocycles. The molecule has 0 aliphatic heterocycles. The molecular weight excluding hydrogens is 300 g/mol. The molecule has 2 aromatic rings. The van der Waals surface area contributed by atoms with E-state index in [9.17, 15) is 4.79 Å². The molecule has 1 fully saturated rings. The molecule has 1 amide bonds. The van der Waals surface area contributed by atoms with Crippen molar-refractivity contribution in [3.05, 3.63) is 53.9 Å². The maximum atomic E-state index is 12.6. The third kappa shape index (κ3) is 4.31. The van der Waals surface area contributed by atoms with E-state index in [1.54, 1.807) is 24.2 Å². The SMILES string of the molecule is CN(Cc1ccccc1)C(=O)c1ccnc(NC2CCCCC2)n1. The Morgan fingerprint density at radius 1 is 1.17 bits per heavy atom. The quantitative estimate of drug-likeness (QED) is 0.914. The number of amides is 1. The van der Waals surface area contributed by atoms with Crippen LogP contribution in [0.5, 0.6) is 0 Å². The first-order valence-corrected chi connectivity index (χ1v) is 8.61. The van der Waals surface area contributed by atoms with Crippen LogP contribution in [0, 0.1) is 0 Å². The Balaban J connectivity index is 1.64. The topological polar surface area (TPSA) is 58.1 Å². The summed E-state index contributed by atoms with van der Waals surface area (Å²) in [6, 6.07) is 12.1. The van der Waals surface area contributed by atoms with Gasteiger partial charge in [0.1, 0.15) is 5.69 Å². The van der Waals surface area contributed by atoms with Gasteiger partial charge < -0.3 is 10.2 Å². The highest BCUT2D eigenvalue weighted by Crippen LogP contribution is 2.20. The second-order valence-electron chi connectivity index (χ2n) is 6.39. The van der Waals surface area contributed by atoms with Crippen LogP contribution in [0.15, 0.2) is 42.6 Å². The maximum absolute atomic E-state index is 12.6. The molecule has 0 bridgehead atoms. The summed E-state index contributed by atoms with van der Waals surface area (Å²) in [4.78, 5) is 23.0. The summed E-state index contributed by atoms with van der Waals surface area (Å²) in [5.41, 5.74) is 1.53. The summed E-state index contributed by atoms with van der Waals surface area (Å²) in [5.74, 6) is 0.466. The van der Waals surface area contributed by atoms with Gasteiger partial charge >= 0.3 is 0 Å². The van der Waals surface area contributed by atoms with E-state index in [-0.39, 0.29) is 5.91 Å². The standard InChI is InChI=1S/C19H24N4O/c1-23(14-15-8-4-2-5-9-15)18(24)17-12-13-20-19(22-17)21-16-10-6-3-7-11-16/h2,4-5,8-9,12-13,16H,3,6-7,10-11,14H2,1H3,(H,20,21,22). The largest absolute Gasteiger partial charge is 0.351 e. The molecule has 1 aliphatic rings. The Hall–Kier alpha value is -2.43. The van der Waals surface area contributed by atoms with Gasteiger partial charge in [0.2, 0.25) is 5.95 Å². The highest BCUT2D eigenvalue weighted by atomic mass is 16.2. The number of anilines is 1. The van der Waals surface area contributed by atoms with Gasteiger partial charge in [-0.25, -0.2) is 9.97 Å². The van der Waals surface area contributed by atoms with Crippen molar-refractivity contribution in [2.75, 3.05) is 12.4 Å². The predicted molar refractivity (Wildman–Crippen MR) is 94.8 cm³/mol. The first kappa shape index (κ1) is 16.4. The van der Waals surface area contributed by atoms with E-state index < -0.39 is 0 Å². The van der Waals surface area contributed by atoms with Gasteiger partial charge in [0.15, 0.2) is 0 Å². The average Bonchev–Trinajstić information content (AvgIpc) is 2.63. The van der Waals surface area contributed by atoms with E-state index in [1.165, 1.54) is 19.3 Å². The molecule has 1 aliphatic carbocycles. The molecule has 1 saturated carbocycles. The number of carbonyl (C=O) groups excluding carboxylic acids is 1. The number of nitrogens with zero attached hydrogens (tertiary/aromatic N) is 3. The lowest BCUT2D eigenvalue weighted by atomic mass is 9.96. The zero-order valence-electron chi connectivity index (χ0n) is 14.1. The number of hydrogen-bond donors (Lipinski definition) is 1. The van der Waals surface area contributed by atoms with Gasteiger partial charge in [-0.05, 0) is 24.5 Å². The Labute approximate surface area is 143 Å². The van der Waals surface area contributed by atoms with Crippen LogP contribution >= 0.6 is 0 Å². The molecule has 5 heteroatoms. The zero-order valence-corrected chi connectivity index (χ0v) is 14.1. The highest BCUT2D eigenvalue weighted by molar-refractivity contribution is 5.92. The van der Waals surface area contributed by atoms with Crippen LogP contribution in [0.2, 0.25) is 0 Å². The van der Waals surface area contributed by atoms with E-state index in [0.717, 1.165) is 18.4 Å². The minimum atomic E-state index is -0.0899. The predicted octanol–water partition coefficient (Wildman–Crippen LogP) is 3.49. The maximum Gasteiger partial charge on any atom is 0.272 e. The highest BCUT2D eigenvalue weighted by Gasteiger charge is 2.17. The van der Waals surface area contributed by atoms with Crippen molar-refractivity contribution in [2.24, 2.45) is 0 Å². The minimum absolute atomic E-state index is 0.0899. The van der Waals surface area contributed by atoms with Gasteiger partial charge in [0.05, 0.1) is 0 Å². The van der Waals surface area contributed by atoms with E-state index in [0.29, 0.717) is 24.2 Å². The van der Waals surface area contributed by atoms with Crippen molar-refractivity contribution in [3.8, 4) is 0 Å². The number of rotatable bonds is 5. The van der Waals surface area contributed by atoms with Crippen molar-refractivity contribution in [1.29, 1.82) is 0 Å². The molecule has 1 aromatic carbocycles. The van der Waals surface area contributed by atoms with E-state index in [2.05, 4.69) is 15.3 Å². The molecule has 126 valence electrons. The molecule has 0 saturated heterocycles. The van der Waals surface area contributed by atoms with Crippen LogP contribution in [0.25, 0.3) is 0 Å². The van der Waals surface area contributed by atoms with Crippen LogP contribution in [0.4, 0.5) is 5.95 Å². The van der Waals surface area contributed by atoms with Crippen molar-refractivity contribution in [2.45, 2.75) is 44.7 Å². The van der Waals surface area contributed by atoms with Gasteiger partial charge in [0, 0.05) is 25.8 Å². The van der Waals surface area contributed by atoms with Crippen LogP contribution in [0.3, 0.4) is 0 Å². The minimum Gasteiger partial charge on any atom is -0.351 e. The van der Waals surface area contributed by atoms with E-state index in [4.69, 9.17) is 0 Å². The van der Waals surface area contributed by atoms with Crippen molar-refractivity contribution >= 4 is 11.9 Å². The van der Waals surface area contributed by atoms with Crippen LogP contribution in [0.1, 0.15) is 48.2 Å². The normalized spacial score (nSPS) is 15.0. The fraction of sp³-hybridized carbons (Fsp3) is 0.421. The number of nitrogens with one attached hydrogen (secondary N) is 1. The third-order valence-electron chi connectivity index (χ3n) is 4.42. The fourth-order valence-corrected chi connectivity index (χ4v) is 3.10.